The number of hydrogen-bond donors (Lipinski definition) is 1. The lowest BCUT2D eigenvalue weighted by molar-refractivity contribution is 0.244. The molecule has 1 atom stereocenters. The van der Waals surface area contributed by atoms with E-state index in [1.165, 1.54) is 5.56 Å². The monoisotopic (exact) mass is 263 g/mol. The SMILES string of the molecule is CCC(C)(C)C(NC)c1ccc2c(c1)OCCCO2. The van der Waals surface area contributed by atoms with Crippen molar-refractivity contribution in [2.24, 2.45) is 5.41 Å². The minimum absolute atomic E-state index is 0.203. The fraction of sp³-hybridized carbons (Fsp3) is 0.625. The molecule has 0 aliphatic carbocycles. The number of benzene rings is 1. The van der Waals surface area contributed by atoms with E-state index in [4.69, 9.17) is 9.47 Å². The van der Waals surface area contributed by atoms with Gasteiger partial charge in [-0.1, -0.05) is 26.8 Å². The highest BCUT2D eigenvalue weighted by Crippen LogP contribution is 2.39. The topological polar surface area (TPSA) is 30.5 Å². The molecule has 0 aromatic heterocycles. The second kappa shape index (κ2) is 5.83. The van der Waals surface area contributed by atoms with Gasteiger partial charge in [-0.2, -0.15) is 0 Å². The van der Waals surface area contributed by atoms with E-state index in [0.29, 0.717) is 6.04 Å². The van der Waals surface area contributed by atoms with Gasteiger partial charge in [0, 0.05) is 12.5 Å². The van der Waals surface area contributed by atoms with Crippen LogP contribution in [0.25, 0.3) is 0 Å². The van der Waals surface area contributed by atoms with Crippen molar-refractivity contribution in [2.45, 2.75) is 39.7 Å². The molecule has 1 N–H and O–H groups in total. The van der Waals surface area contributed by atoms with Crippen LogP contribution >= 0.6 is 0 Å². The maximum Gasteiger partial charge on any atom is 0.161 e. The van der Waals surface area contributed by atoms with E-state index < -0.39 is 0 Å². The Labute approximate surface area is 116 Å². The summed E-state index contributed by atoms with van der Waals surface area (Å²) in [5, 5.41) is 3.44. The molecule has 0 amide bonds. The molecule has 19 heavy (non-hydrogen) atoms. The highest BCUT2D eigenvalue weighted by atomic mass is 16.5. The summed E-state index contributed by atoms with van der Waals surface area (Å²) in [6.45, 7) is 8.28. The van der Waals surface area contributed by atoms with Gasteiger partial charge in [0.25, 0.3) is 0 Å². The molecule has 1 aromatic rings. The van der Waals surface area contributed by atoms with Gasteiger partial charge in [0.2, 0.25) is 0 Å². The Morgan fingerprint density at radius 2 is 1.89 bits per heavy atom. The zero-order chi connectivity index (χ0) is 13.9. The standard InChI is InChI=1S/C16H25NO2/c1-5-16(2,3)15(17-4)12-7-8-13-14(11-12)19-10-6-9-18-13/h7-8,11,15,17H,5-6,9-10H2,1-4H3. The van der Waals surface area contributed by atoms with E-state index in [2.05, 4.69) is 38.2 Å². The van der Waals surface area contributed by atoms with Crippen LogP contribution in [0.1, 0.15) is 45.2 Å². The van der Waals surface area contributed by atoms with E-state index in [0.717, 1.165) is 37.6 Å². The summed E-state index contributed by atoms with van der Waals surface area (Å²) < 4.78 is 11.5. The fourth-order valence-electron chi connectivity index (χ4n) is 2.57. The average molecular weight is 263 g/mol. The number of rotatable bonds is 4. The Hall–Kier alpha value is -1.22. The van der Waals surface area contributed by atoms with Crippen molar-refractivity contribution in [3.8, 4) is 11.5 Å². The number of fused-ring (bicyclic) bond motifs is 1. The second-order valence-electron chi connectivity index (χ2n) is 5.82. The number of hydrogen-bond acceptors (Lipinski definition) is 3. The third-order valence-corrected chi connectivity index (χ3v) is 4.09. The lowest BCUT2D eigenvalue weighted by Gasteiger charge is -2.34. The van der Waals surface area contributed by atoms with E-state index in [9.17, 15) is 0 Å². The van der Waals surface area contributed by atoms with Crippen LogP contribution < -0.4 is 14.8 Å². The largest absolute Gasteiger partial charge is 0.490 e. The Morgan fingerprint density at radius 1 is 1.21 bits per heavy atom. The van der Waals surface area contributed by atoms with Gasteiger partial charge in [-0.25, -0.2) is 0 Å². The maximum absolute atomic E-state index is 5.78. The van der Waals surface area contributed by atoms with Gasteiger partial charge in [0.15, 0.2) is 11.5 Å². The summed E-state index contributed by atoms with van der Waals surface area (Å²) in [5.74, 6) is 1.74. The summed E-state index contributed by atoms with van der Waals surface area (Å²) in [5.41, 5.74) is 1.47. The van der Waals surface area contributed by atoms with Gasteiger partial charge in [0.05, 0.1) is 13.2 Å². The van der Waals surface area contributed by atoms with E-state index in [1.807, 2.05) is 13.1 Å². The van der Waals surface area contributed by atoms with Crippen molar-refractivity contribution < 1.29 is 9.47 Å². The lowest BCUT2D eigenvalue weighted by atomic mass is 9.78. The molecule has 1 heterocycles. The first-order valence-corrected chi connectivity index (χ1v) is 7.15. The van der Waals surface area contributed by atoms with Gasteiger partial charge in [-0.05, 0) is 36.6 Å². The van der Waals surface area contributed by atoms with Crippen LogP contribution in [0.2, 0.25) is 0 Å². The summed E-state index contributed by atoms with van der Waals surface area (Å²) in [6.07, 6.45) is 2.06. The van der Waals surface area contributed by atoms with Crippen LogP contribution in [-0.4, -0.2) is 20.3 Å². The van der Waals surface area contributed by atoms with Crippen LogP contribution in [0.15, 0.2) is 18.2 Å². The molecule has 0 saturated carbocycles. The van der Waals surface area contributed by atoms with Crippen molar-refractivity contribution in [3.63, 3.8) is 0 Å². The quantitative estimate of drug-likeness (QED) is 0.901. The molecule has 3 nitrogen and oxygen atoms in total. The van der Waals surface area contributed by atoms with E-state index in [-0.39, 0.29) is 5.41 Å². The van der Waals surface area contributed by atoms with Crippen molar-refractivity contribution in [1.29, 1.82) is 0 Å². The normalized spacial score (nSPS) is 16.8. The van der Waals surface area contributed by atoms with Gasteiger partial charge in [-0.15, -0.1) is 0 Å². The van der Waals surface area contributed by atoms with Crippen molar-refractivity contribution >= 4 is 0 Å². The third-order valence-electron chi connectivity index (χ3n) is 4.09. The number of ether oxygens (including phenoxy) is 2. The van der Waals surface area contributed by atoms with Crippen molar-refractivity contribution in [2.75, 3.05) is 20.3 Å². The molecule has 3 heteroatoms. The van der Waals surface area contributed by atoms with Gasteiger partial charge >= 0.3 is 0 Å². The smallest absolute Gasteiger partial charge is 0.161 e. The molecule has 0 saturated heterocycles. The maximum atomic E-state index is 5.78. The first-order chi connectivity index (χ1) is 9.08. The molecule has 0 fully saturated rings. The molecule has 0 spiro atoms. The van der Waals surface area contributed by atoms with Crippen LogP contribution in [0, 0.1) is 5.41 Å². The van der Waals surface area contributed by atoms with Crippen molar-refractivity contribution in [3.05, 3.63) is 23.8 Å². The highest BCUT2D eigenvalue weighted by Gasteiger charge is 2.28. The lowest BCUT2D eigenvalue weighted by Crippen LogP contribution is -2.31. The summed E-state index contributed by atoms with van der Waals surface area (Å²) in [6, 6.07) is 6.62. The van der Waals surface area contributed by atoms with E-state index in [1.54, 1.807) is 0 Å². The minimum Gasteiger partial charge on any atom is -0.490 e. The molecule has 1 aliphatic heterocycles. The fourth-order valence-corrected chi connectivity index (χ4v) is 2.57. The molecule has 0 radical (unpaired) electrons. The van der Waals surface area contributed by atoms with Gasteiger partial charge in [-0.3, -0.25) is 0 Å². The van der Waals surface area contributed by atoms with Crippen molar-refractivity contribution in [1.82, 2.24) is 5.32 Å². The third kappa shape index (κ3) is 3.03. The molecule has 1 aliphatic rings. The molecule has 2 rings (SSSR count). The van der Waals surface area contributed by atoms with Crippen LogP contribution in [0.5, 0.6) is 11.5 Å². The Morgan fingerprint density at radius 3 is 2.53 bits per heavy atom. The zero-order valence-corrected chi connectivity index (χ0v) is 12.5. The van der Waals surface area contributed by atoms with Gasteiger partial charge < -0.3 is 14.8 Å². The Balaban J connectivity index is 2.32. The first kappa shape index (κ1) is 14.2. The number of nitrogens with one attached hydrogen (secondary N) is 1. The molecular formula is C16H25NO2. The first-order valence-electron chi connectivity index (χ1n) is 7.15. The zero-order valence-electron chi connectivity index (χ0n) is 12.5. The summed E-state index contributed by atoms with van der Waals surface area (Å²) in [4.78, 5) is 0. The highest BCUT2D eigenvalue weighted by molar-refractivity contribution is 5.44. The Kier molecular flexibility index (Phi) is 4.35. The predicted octanol–water partition coefficient (Wildman–Crippen LogP) is 3.54. The minimum atomic E-state index is 0.203. The molecule has 1 unspecified atom stereocenters. The second-order valence-corrected chi connectivity index (χ2v) is 5.82. The van der Waals surface area contributed by atoms with Gasteiger partial charge in [0.1, 0.15) is 0 Å². The average Bonchev–Trinajstić information content (AvgIpc) is 2.64. The predicted molar refractivity (Wildman–Crippen MR) is 77.9 cm³/mol. The van der Waals surface area contributed by atoms with E-state index >= 15 is 0 Å². The molecular weight excluding hydrogens is 238 g/mol. The molecule has 0 bridgehead atoms. The molecule has 1 aromatic carbocycles. The Bertz CT molecular complexity index is 429. The van der Waals surface area contributed by atoms with Crippen LogP contribution in [0.3, 0.4) is 0 Å². The summed E-state index contributed by atoms with van der Waals surface area (Å²) >= 11 is 0. The van der Waals surface area contributed by atoms with Crippen LogP contribution in [-0.2, 0) is 0 Å². The summed E-state index contributed by atoms with van der Waals surface area (Å²) in [7, 11) is 2.02. The molecule has 106 valence electrons. The van der Waals surface area contributed by atoms with Crippen LogP contribution in [0.4, 0.5) is 0 Å².